The molecule has 0 bridgehead atoms. The van der Waals surface area contributed by atoms with Crippen molar-refractivity contribution in [2.24, 2.45) is 0 Å². The van der Waals surface area contributed by atoms with Crippen LogP contribution in [0.2, 0.25) is 0 Å². The summed E-state index contributed by atoms with van der Waals surface area (Å²) in [6.07, 6.45) is 0. The van der Waals surface area contributed by atoms with Crippen molar-refractivity contribution in [1.82, 2.24) is 14.1 Å². The van der Waals surface area contributed by atoms with Crippen LogP contribution in [0.3, 0.4) is 0 Å². The van der Waals surface area contributed by atoms with Crippen LogP contribution in [0.4, 0.5) is 0 Å². The van der Waals surface area contributed by atoms with Crippen molar-refractivity contribution in [3.63, 3.8) is 0 Å². The lowest BCUT2D eigenvalue weighted by molar-refractivity contribution is 1.15. The number of nitrogens with zero attached hydrogens (tertiary/aromatic N) is 3. The maximum atomic E-state index is 5.17. The Balaban J connectivity index is 1.17. The van der Waals surface area contributed by atoms with E-state index >= 15 is 0 Å². The van der Waals surface area contributed by atoms with Crippen LogP contribution in [0.15, 0.2) is 212 Å². The maximum absolute atomic E-state index is 5.17. The summed E-state index contributed by atoms with van der Waals surface area (Å²) < 4.78 is 4.85. The fraction of sp³-hybridized carbons (Fsp3) is 0. The minimum absolute atomic E-state index is 0.951. The highest BCUT2D eigenvalue weighted by Gasteiger charge is 2.19. The number of hydrogen-bond acceptors (Lipinski definition) is 1. The number of hydrogen-bond donors (Lipinski definition) is 0. The zero-order valence-corrected chi connectivity index (χ0v) is 30.5. The van der Waals surface area contributed by atoms with E-state index in [1.807, 2.05) is 0 Å². The third-order valence-corrected chi connectivity index (χ3v) is 11.1. The van der Waals surface area contributed by atoms with Crippen molar-refractivity contribution in [3.05, 3.63) is 212 Å². The number of aromatic nitrogens is 3. The monoisotopic (exact) mass is 713 g/mol. The highest BCUT2D eigenvalue weighted by atomic mass is 15.0. The van der Waals surface area contributed by atoms with Gasteiger partial charge in [0.25, 0.3) is 0 Å². The van der Waals surface area contributed by atoms with Crippen molar-refractivity contribution in [2.75, 3.05) is 0 Å². The fourth-order valence-corrected chi connectivity index (χ4v) is 8.55. The SMILES string of the molecule is c1ccc(-c2cc(-c3cccc(-c4cc(-n5c6ccccc6c6ccccc65)ccc4-n4c5ccccc5c5ccccc54)c3)cc(-c3ccccc3)n2)cc1. The summed E-state index contributed by atoms with van der Waals surface area (Å²) in [6, 6.07) is 76.4. The molecule has 0 amide bonds. The van der Waals surface area contributed by atoms with Gasteiger partial charge in [0.2, 0.25) is 0 Å². The average Bonchev–Trinajstić information content (AvgIpc) is 3.80. The Hall–Kier alpha value is -7.49. The van der Waals surface area contributed by atoms with Crippen LogP contribution in [0.5, 0.6) is 0 Å². The molecule has 0 spiro atoms. The zero-order chi connectivity index (χ0) is 37.0. The van der Waals surface area contributed by atoms with Gasteiger partial charge >= 0.3 is 0 Å². The molecule has 0 saturated carbocycles. The van der Waals surface area contributed by atoms with Crippen molar-refractivity contribution in [1.29, 1.82) is 0 Å². The summed E-state index contributed by atoms with van der Waals surface area (Å²) in [5.74, 6) is 0. The first kappa shape index (κ1) is 32.0. The Kier molecular flexibility index (Phi) is 7.49. The quantitative estimate of drug-likeness (QED) is 0.168. The molecule has 0 unspecified atom stereocenters. The van der Waals surface area contributed by atoms with Gasteiger partial charge in [0.05, 0.1) is 39.1 Å². The topological polar surface area (TPSA) is 22.8 Å². The van der Waals surface area contributed by atoms with Gasteiger partial charge in [0, 0.05) is 43.9 Å². The molecule has 0 N–H and O–H groups in total. The molecule has 0 saturated heterocycles. The molecule has 56 heavy (non-hydrogen) atoms. The molecule has 8 aromatic carbocycles. The van der Waals surface area contributed by atoms with Gasteiger partial charge in [-0.15, -0.1) is 0 Å². The third-order valence-electron chi connectivity index (χ3n) is 11.1. The first-order valence-corrected chi connectivity index (χ1v) is 19.1. The number of para-hydroxylation sites is 4. The summed E-state index contributed by atoms with van der Waals surface area (Å²) in [5.41, 5.74) is 15.6. The van der Waals surface area contributed by atoms with E-state index in [0.29, 0.717) is 0 Å². The van der Waals surface area contributed by atoms with Gasteiger partial charge in [-0.05, 0) is 77.4 Å². The van der Waals surface area contributed by atoms with Crippen LogP contribution in [0, 0.1) is 0 Å². The summed E-state index contributed by atoms with van der Waals surface area (Å²) in [5, 5.41) is 4.99. The fourth-order valence-electron chi connectivity index (χ4n) is 8.55. The van der Waals surface area contributed by atoms with Gasteiger partial charge in [0.1, 0.15) is 0 Å². The Labute approximate surface area is 325 Å². The second-order valence-corrected chi connectivity index (χ2v) is 14.4. The van der Waals surface area contributed by atoms with E-state index in [9.17, 15) is 0 Å². The molecule has 3 nitrogen and oxygen atoms in total. The van der Waals surface area contributed by atoms with Gasteiger partial charge in [0.15, 0.2) is 0 Å². The second-order valence-electron chi connectivity index (χ2n) is 14.4. The van der Waals surface area contributed by atoms with Crippen molar-refractivity contribution >= 4 is 43.6 Å². The van der Waals surface area contributed by atoms with Crippen LogP contribution >= 0.6 is 0 Å². The van der Waals surface area contributed by atoms with E-state index in [1.165, 1.54) is 43.6 Å². The minimum Gasteiger partial charge on any atom is -0.309 e. The number of fused-ring (bicyclic) bond motifs is 6. The highest BCUT2D eigenvalue weighted by Crippen LogP contribution is 2.40. The molecule has 3 aromatic heterocycles. The largest absolute Gasteiger partial charge is 0.309 e. The third kappa shape index (κ3) is 5.25. The number of pyridine rings is 1. The molecule has 0 fully saturated rings. The Morgan fingerprint density at radius 3 is 1.23 bits per heavy atom. The smallest absolute Gasteiger partial charge is 0.0715 e. The molecule has 3 heteroatoms. The van der Waals surface area contributed by atoms with E-state index in [-0.39, 0.29) is 0 Å². The molecule has 11 aromatic rings. The van der Waals surface area contributed by atoms with Crippen LogP contribution in [-0.2, 0) is 0 Å². The zero-order valence-electron chi connectivity index (χ0n) is 30.5. The molecular formula is C53H35N3. The first-order chi connectivity index (χ1) is 27.8. The van der Waals surface area contributed by atoms with Crippen molar-refractivity contribution in [3.8, 4) is 56.1 Å². The van der Waals surface area contributed by atoms with E-state index in [4.69, 9.17) is 4.98 Å². The second kappa shape index (κ2) is 13.1. The van der Waals surface area contributed by atoms with Gasteiger partial charge in [-0.3, -0.25) is 0 Å². The predicted octanol–water partition coefficient (Wildman–Crippen LogP) is 13.9. The standard InChI is InChI=1S/C53H35N3/c1-3-16-36(17-4-1)47-33-40(34-48(54-47)37-18-5-2-6-19-37)38-20-15-21-39(32-38)46-35-41(55-49-26-11-7-22-42(49)43-23-8-12-27-50(43)55)30-31-53(46)56-51-28-13-9-24-44(51)45-25-10-14-29-52(45)56/h1-35H. The lowest BCUT2D eigenvalue weighted by Gasteiger charge is -2.18. The van der Waals surface area contributed by atoms with Gasteiger partial charge in [-0.25, -0.2) is 4.98 Å². The highest BCUT2D eigenvalue weighted by molar-refractivity contribution is 6.11. The molecule has 11 rings (SSSR count). The molecule has 0 aliphatic carbocycles. The Morgan fingerprint density at radius 1 is 0.286 bits per heavy atom. The van der Waals surface area contributed by atoms with E-state index in [1.54, 1.807) is 0 Å². The predicted molar refractivity (Wildman–Crippen MR) is 235 cm³/mol. The lowest BCUT2D eigenvalue weighted by atomic mass is 9.95. The normalized spacial score (nSPS) is 11.6. The molecule has 0 radical (unpaired) electrons. The van der Waals surface area contributed by atoms with Gasteiger partial charge in [-0.2, -0.15) is 0 Å². The molecule has 262 valence electrons. The number of rotatable bonds is 6. The van der Waals surface area contributed by atoms with Crippen LogP contribution < -0.4 is 0 Å². The summed E-state index contributed by atoms with van der Waals surface area (Å²) in [7, 11) is 0. The maximum Gasteiger partial charge on any atom is 0.0715 e. The molecule has 0 aliphatic heterocycles. The molecule has 0 aliphatic rings. The lowest BCUT2D eigenvalue weighted by Crippen LogP contribution is -2.01. The van der Waals surface area contributed by atoms with Crippen LogP contribution in [0.1, 0.15) is 0 Å². The van der Waals surface area contributed by atoms with Crippen LogP contribution in [-0.4, -0.2) is 14.1 Å². The van der Waals surface area contributed by atoms with E-state index in [0.717, 1.165) is 56.1 Å². The summed E-state index contributed by atoms with van der Waals surface area (Å²) in [6.45, 7) is 0. The summed E-state index contributed by atoms with van der Waals surface area (Å²) in [4.78, 5) is 5.17. The van der Waals surface area contributed by atoms with Gasteiger partial charge in [-0.1, -0.05) is 152 Å². The van der Waals surface area contributed by atoms with Crippen LogP contribution in [0.25, 0.3) is 99.8 Å². The summed E-state index contributed by atoms with van der Waals surface area (Å²) >= 11 is 0. The molecular weight excluding hydrogens is 679 g/mol. The van der Waals surface area contributed by atoms with E-state index in [2.05, 4.69) is 221 Å². The Bertz CT molecular complexity index is 3080. The molecule has 0 atom stereocenters. The first-order valence-electron chi connectivity index (χ1n) is 19.1. The molecule has 3 heterocycles. The van der Waals surface area contributed by atoms with Crippen molar-refractivity contribution in [2.45, 2.75) is 0 Å². The van der Waals surface area contributed by atoms with Crippen molar-refractivity contribution < 1.29 is 0 Å². The number of benzene rings is 8. The van der Waals surface area contributed by atoms with E-state index < -0.39 is 0 Å². The Morgan fingerprint density at radius 2 is 0.714 bits per heavy atom. The average molecular weight is 714 g/mol. The minimum atomic E-state index is 0.951. The van der Waals surface area contributed by atoms with Gasteiger partial charge < -0.3 is 9.13 Å².